The van der Waals surface area contributed by atoms with Gasteiger partial charge >= 0.3 is 7.60 Å². The third-order valence-corrected chi connectivity index (χ3v) is 12.7. The van der Waals surface area contributed by atoms with Gasteiger partial charge in [-0.2, -0.15) is 0 Å². The molecule has 0 spiro atoms. The van der Waals surface area contributed by atoms with Crippen LogP contribution in [0.5, 0.6) is 5.75 Å². The molecule has 9 nitrogen and oxygen atoms in total. The number of methoxy groups -OCH3 is 1. The molecular formula is C45H41N2O7PS. The van der Waals surface area contributed by atoms with Crippen molar-refractivity contribution in [3.8, 4) is 5.75 Å². The van der Waals surface area contributed by atoms with Crippen molar-refractivity contribution in [1.29, 1.82) is 0 Å². The second kappa shape index (κ2) is 17.5. The van der Waals surface area contributed by atoms with Crippen LogP contribution in [0, 0.1) is 5.92 Å². The Morgan fingerprint density at radius 1 is 0.804 bits per heavy atom. The van der Waals surface area contributed by atoms with Gasteiger partial charge < -0.3 is 24.4 Å². The van der Waals surface area contributed by atoms with Crippen LogP contribution in [0.2, 0.25) is 0 Å². The summed E-state index contributed by atoms with van der Waals surface area (Å²) in [6.45, 7) is -0.00511. The molecule has 6 aromatic rings. The molecule has 2 amide bonds. The Labute approximate surface area is 330 Å². The molecule has 0 saturated heterocycles. The van der Waals surface area contributed by atoms with Crippen LogP contribution in [0.3, 0.4) is 0 Å². The van der Waals surface area contributed by atoms with Crippen molar-refractivity contribution < 1.29 is 33.1 Å². The fourth-order valence-corrected chi connectivity index (χ4v) is 9.28. The Bertz CT molecular complexity index is 2380. The molecule has 56 heavy (non-hydrogen) atoms. The summed E-state index contributed by atoms with van der Waals surface area (Å²) in [5, 5.41) is 4.66. The number of aryl methyl sites for hydroxylation is 1. The highest BCUT2D eigenvalue weighted by Crippen LogP contribution is 2.49. The standard InChI is InChI=1S/C45H41N2O7PS/c1-53-36-23-21-34(22-24-36)44-43(40(48)27-20-31-18-25-37(26-19-31)55(51,52)54-30-32-10-3-2-4-11-32)45(50)47(39-16-7-8-17-41(39)56-44)29-42(49)46-28-35-14-9-13-33-12-5-6-15-38(33)35/h2-19,21-26,43-44H,20,27-30H2,1H3,(H,46,49)(H,51,52)/t43-,44-/m0/s1. The summed E-state index contributed by atoms with van der Waals surface area (Å²) in [7, 11) is -2.52. The molecule has 284 valence electrons. The first-order chi connectivity index (χ1) is 27.2. The molecule has 7 rings (SSSR count). The fraction of sp³-hybridized carbons (Fsp3) is 0.178. The van der Waals surface area contributed by atoms with Gasteiger partial charge in [-0.15, -0.1) is 11.8 Å². The van der Waals surface area contributed by atoms with Crippen molar-refractivity contribution in [2.75, 3.05) is 18.6 Å². The minimum atomic E-state index is -4.09. The molecule has 1 heterocycles. The average Bonchev–Trinajstić information content (AvgIpc) is 3.35. The molecular weight excluding hydrogens is 744 g/mol. The molecule has 2 N–H and O–H groups in total. The van der Waals surface area contributed by atoms with E-state index < -0.39 is 24.7 Å². The van der Waals surface area contributed by atoms with Gasteiger partial charge in [0.05, 0.1) is 30.0 Å². The van der Waals surface area contributed by atoms with E-state index in [4.69, 9.17) is 9.26 Å². The van der Waals surface area contributed by atoms with Crippen LogP contribution >= 0.6 is 19.4 Å². The zero-order valence-electron chi connectivity index (χ0n) is 30.7. The average molecular weight is 785 g/mol. The first-order valence-electron chi connectivity index (χ1n) is 18.3. The number of carbonyl (C=O) groups excluding carboxylic acids is 3. The van der Waals surface area contributed by atoms with Crippen LogP contribution in [0.1, 0.15) is 33.9 Å². The van der Waals surface area contributed by atoms with Gasteiger partial charge in [-0.25, -0.2) is 0 Å². The minimum absolute atomic E-state index is 0.0135. The summed E-state index contributed by atoms with van der Waals surface area (Å²) in [5.74, 6) is -1.56. The summed E-state index contributed by atoms with van der Waals surface area (Å²) in [6.07, 6.45) is 0.323. The van der Waals surface area contributed by atoms with Crippen molar-refractivity contribution in [2.24, 2.45) is 5.92 Å². The van der Waals surface area contributed by atoms with Crippen LogP contribution in [0.15, 0.2) is 150 Å². The van der Waals surface area contributed by atoms with Crippen molar-refractivity contribution >= 4 is 58.7 Å². The number of thioether (sulfide) groups is 1. The molecule has 0 bridgehead atoms. The van der Waals surface area contributed by atoms with E-state index in [1.54, 1.807) is 25.3 Å². The Morgan fingerprint density at radius 3 is 2.27 bits per heavy atom. The van der Waals surface area contributed by atoms with Gasteiger partial charge in [0.15, 0.2) is 0 Å². The molecule has 0 aliphatic carbocycles. The number of anilines is 1. The second-order valence-electron chi connectivity index (χ2n) is 13.5. The number of nitrogens with zero attached hydrogens (tertiary/aromatic N) is 1. The lowest BCUT2D eigenvalue weighted by atomic mass is 9.89. The van der Waals surface area contributed by atoms with Crippen molar-refractivity contribution in [2.45, 2.75) is 36.1 Å². The molecule has 0 saturated carbocycles. The third-order valence-electron chi connectivity index (χ3n) is 9.87. The van der Waals surface area contributed by atoms with Crippen molar-refractivity contribution in [1.82, 2.24) is 5.32 Å². The zero-order chi connectivity index (χ0) is 39.1. The Morgan fingerprint density at radius 2 is 1.50 bits per heavy atom. The SMILES string of the molecule is COc1ccc([C@@H]2Sc3ccccc3N(CC(=O)NCc3cccc4ccccc34)C(=O)[C@H]2C(=O)CCc2ccc(P(=O)(O)OCc3ccccc3)cc2)cc1. The van der Waals surface area contributed by atoms with Gasteiger partial charge in [0.2, 0.25) is 11.8 Å². The van der Waals surface area contributed by atoms with Gasteiger partial charge in [-0.05, 0) is 75.8 Å². The highest BCUT2D eigenvalue weighted by molar-refractivity contribution is 7.99. The van der Waals surface area contributed by atoms with E-state index in [1.165, 1.54) is 28.8 Å². The summed E-state index contributed by atoms with van der Waals surface area (Å²) in [5.41, 5.74) is 3.83. The normalized spacial score (nSPS) is 16.4. The second-order valence-corrected chi connectivity index (χ2v) is 16.5. The molecule has 6 aromatic carbocycles. The van der Waals surface area contributed by atoms with E-state index in [0.29, 0.717) is 17.9 Å². The molecule has 11 heteroatoms. The van der Waals surface area contributed by atoms with Crippen LogP contribution in [0.25, 0.3) is 10.8 Å². The summed E-state index contributed by atoms with van der Waals surface area (Å²) in [4.78, 5) is 55.7. The summed E-state index contributed by atoms with van der Waals surface area (Å²) in [6, 6.07) is 44.3. The Balaban J connectivity index is 1.11. The van der Waals surface area contributed by atoms with Gasteiger partial charge in [0, 0.05) is 17.9 Å². The minimum Gasteiger partial charge on any atom is -0.497 e. The topological polar surface area (TPSA) is 122 Å². The third kappa shape index (κ3) is 8.96. The van der Waals surface area contributed by atoms with Gasteiger partial charge in [0.25, 0.3) is 0 Å². The summed E-state index contributed by atoms with van der Waals surface area (Å²) < 4.78 is 23.8. The maximum Gasteiger partial charge on any atom is 0.359 e. The van der Waals surface area contributed by atoms with E-state index in [0.717, 1.165) is 37.9 Å². The lowest BCUT2D eigenvalue weighted by Crippen LogP contribution is -2.45. The van der Waals surface area contributed by atoms with Crippen LogP contribution in [-0.2, 0) is 43.0 Å². The monoisotopic (exact) mass is 784 g/mol. The number of para-hydroxylation sites is 1. The van der Waals surface area contributed by atoms with Crippen molar-refractivity contribution in [3.05, 3.63) is 168 Å². The molecule has 0 aromatic heterocycles. The van der Waals surface area contributed by atoms with Crippen LogP contribution in [0.4, 0.5) is 5.69 Å². The van der Waals surface area contributed by atoms with E-state index >= 15 is 0 Å². The molecule has 1 aliphatic heterocycles. The number of carbonyl (C=O) groups is 3. The van der Waals surface area contributed by atoms with E-state index in [1.807, 2.05) is 115 Å². The molecule has 1 unspecified atom stereocenters. The lowest BCUT2D eigenvalue weighted by Gasteiger charge is -2.27. The van der Waals surface area contributed by atoms with Crippen LogP contribution < -0.4 is 20.3 Å². The molecule has 3 atom stereocenters. The van der Waals surface area contributed by atoms with Gasteiger partial charge in [0.1, 0.15) is 24.0 Å². The number of ketones is 1. The fourth-order valence-electron chi connectivity index (χ4n) is 6.85. The first kappa shape index (κ1) is 38.8. The van der Waals surface area contributed by atoms with E-state index in [2.05, 4.69) is 5.32 Å². The maximum atomic E-state index is 14.8. The number of Topliss-reactive ketones (excluding diaryl/α,β-unsaturated/α-hetero) is 1. The van der Waals surface area contributed by atoms with Crippen molar-refractivity contribution in [3.63, 3.8) is 0 Å². The highest BCUT2D eigenvalue weighted by Gasteiger charge is 2.43. The Hall–Kier alpha value is -5.51. The number of fused-ring (bicyclic) bond motifs is 2. The first-order valence-corrected chi connectivity index (χ1v) is 20.7. The number of hydrogen-bond donors (Lipinski definition) is 2. The largest absolute Gasteiger partial charge is 0.497 e. The number of amides is 2. The van der Waals surface area contributed by atoms with Gasteiger partial charge in [-0.3, -0.25) is 18.9 Å². The number of ether oxygens (including phenoxy) is 1. The molecule has 1 aliphatic rings. The molecule has 0 fully saturated rings. The number of nitrogens with one attached hydrogen (secondary N) is 1. The Kier molecular flexibility index (Phi) is 12.1. The van der Waals surface area contributed by atoms with E-state index in [-0.39, 0.29) is 43.1 Å². The number of rotatable bonds is 14. The highest BCUT2D eigenvalue weighted by atomic mass is 32.2. The maximum absolute atomic E-state index is 14.8. The smallest absolute Gasteiger partial charge is 0.359 e. The zero-order valence-corrected chi connectivity index (χ0v) is 32.5. The van der Waals surface area contributed by atoms with E-state index in [9.17, 15) is 23.8 Å². The predicted molar refractivity (Wildman–Crippen MR) is 220 cm³/mol. The van der Waals surface area contributed by atoms with Crippen LogP contribution in [-0.4, -0.2) is 36.1 Å². The molecule has 0 radical (unpaired) electrons. The summed E-state index contributed by atoms with van der Waals surface area (Å²) >= 11 is 1.43. The predicted octanol–water partition coefficient (Wildman–Crippen LogP) is 8.19. The quantitative estimate of drug-likeness (QED) is 0.0838. The lowest BCUT2D eigenvalue weighted by molar-refractivity contribution is -0.133. The van der Waals surface area contributed by atoms with Gasteiger partial charge in [-0.1, -0.05) is 109 Å². The number of hydrogen-bond acceptors (Lipinski definition) is 7. The number of benzene rings is 6.